The second-order valence-electron chi connectivity index (χ2n) is 1.75. The van der Waals surface area contributed by atoms with Crippen LogP contribution in [0.4, 0.5) is 0 Å². The molecule has 0 bridgehead atoms. The number of hydrogen-bond donors (Lipinski definition) is 5. The van der Waals surface area contributed by atoms with Crippen LogP contribution in [0.2, 0.25) is 0 Å². The quantitative estimate of drug-likeness (QED) is 0.401. The molecule has 0 amide bonds. The first-order valence-corrected chi connectivity index (χ1v) is 6.25. The van der Waals surface area contributed by atoms with E-state index in [-0.39, 0.29) is 0 Å². The Morgan fingerprint density at radius 1 is 1.00 bits per heavy atom. The maximum atomic E-state index is 8.38. The van der Waals surface area contributed by atoms with Crippen molar-refractivity contribution >= 4 is 19.9 Å². The Bertz CT molecular complexity index is 99.7. The monoisotopic (exact) mass is 222 g/mol. The molecule has 0 aromatic rings. The van der Waals surface area contributed by atoms with E-state index in [1.807, 2.05) is 0 Å². The molecule has 0 aliphatic heterocycles. The zero-order chi connectivity index (χ0) is 10.4. The molecule has 9 heteroatoms. The smallest absolute Gasteiger partial charge is 0.367 e. The first-order chi connectivity index (χ1) is 5.12. The van der Waals surface area contributed by atoms with E-state index in [0.29, 0.717) is 0 Å². The highest BCUT2D eigenvalue weighted by Gasteiger charge is 2.32. The minimum absolute atomic E-state index is 0.938. The topological polar surface area (TPSA) is 120 Å². The summed E-state index contributed by atoms with van der Waals surface area (Å²) in [5.41, 5.74) is 0. The van der Waals surface area contributed by atoms with Crippen LogP contribution in [-0.4, -0.2) is 52.8 Å². The second-order valence-corrected chi connectivity index (χ2v) is 5.25. The summed E-state index contributed by atoms with van der Waals surface area (Å²) in [6, 6.07) is 0. The Labute approximate surface area is 73.2 Å². The van der Waals surface area contributed by atoms with Gasteiger partial charge < -0.3 is 32.1 Å². The summed E-state index contributed by atoms with van der Waals surface area (Å²) in [5, 5.41) is 0. The van der Waals surface area contributed by atoms with Crippen LogP contribution in [0.3, 0.4) is 0 Å². The standard InChI is InChI=1S/C2H8O4Si.CH6O3S/c1-5-7(3,4)6-2;1-5(2,3)4/h3-4H,1-2H3;2-4H,1H3. The minimum Gasteiger partial charge on any atom is -0.367 e. The van der Waals surface area contributed by atoms with Crippen LogP contribution in [0.1, 0.15) is 0 Å². The van der Waals surface area contributed by atoms with Gasteiger partial charge in [-0.1, -0.05) is 0 Å². The summed E-state index contributed by atoms with van der Waals surface area (Å²) < 4.78 is 31.4. The fourth-order valence-electron chi connectivity index (χ4n) is 0.0833. The molecule has 0 aromatic heterocycles. The molecule has 12 heavy (non-hydrogen) atoms. The molecular formula is C3H14O7SSi. The van der Waals surface area contributed by atoms with Crippen molar-refractivity contribution < 1.29 is 32.1 Å². The fourth-order valence-corrected chi connectivity index (χ4v) is 0.250. The molecule has 0 rings (SSSR count). The van der Waals surface area contributed by atoms with Gasteiger partial charge in [-0.3, -0.25) is 0 Å². The van der Waals surface area contributed by atoms with Gasteiger partial charge in [0.2, 0.25) is 0 Å². The van der Waals surface area contributed by atoms with Crippen LogP contribution >= 0.6 is 10.9 Å². The summed E-state index contributed by atoms with van der Waals surface area (Å²) in [7, 11) is -4.47. The molecule has 0 fully saturated rings. The van der Waals surface area contributed by atoms with Crippen molar-refractivity contribution in [2.45, 2.75) is 0 Å². The zero-order valence-electron chi connectivity index (χ0n) is 6.96. The minimum atomic E-state index is -3.65. The Kier molecular flexibility index (Phi) is 7.21. The third-order valence-electron chi connectivity index (χ3n) is 0.532. The Hall–Kier alpha value is 0.287. The van der Waals surface area contributed by atoms with Crippen molar-refractivity contribution in [3.63, 3.8) is 0 Å². The molecule has 0 heterocycles. The van der Waals surface area contributed by atoms with E-state index in [0.717, 1.165) is 6.26 Å². The van der Waals surface area contributed by atoms with E-state index in [2.05, 4.69) is 8.85 Å². The summed E-state index contributed by atoms with van der Waals surface area (Å²) in [6.07, 6.45) is 0.938. The molecular weight excluding hydrogens is 208 g/mol. The summed E-state index contributed by atoms with van der Waals surface area (Å²) in [6.45, 7) is 0. The van der Waals surface area contributed by atoms with Gasteiger partial charge in [0.1, 0.15) is 0 Å². The van der Waals surface area contributed by atoms with Crippen molar-refractivity contribution in [3.8, 4) is 0 Å². The molecule has 0 atom stereocenters. The molecule has 0 aliphatic rings. The highest BCUT2D eigenvalue weighted by molar-refractivity contribution is 8.18. The normalized spacial score (nSPS) is 13.3. The largest absolute Gasteiger partial charge is 0.673 e. The lowest BCUT2D eigenvalue weighted by Gasteiger charge is -2.08. The van der Waals surface area contributed by atoms with Crippen molar-refractivity contribution in [1.82, 2.24) is 0 Å². The van der Waals surface area contributed by atoms with Crippen molar-refractivity contribution in [2.24, 2.45) is 0 Å². The van der Waals surface area contributed by atoms with Crippen molar-refractivity contribution in [1.29, 1.82) is 0 Å². The lowest BCUT2D eigenvalue weighted by Crippen LogP contribution is -2.40. The van der Waals surface area contributed by atoms with Crippen LogP contribution < -0.4 is 0 Å². The van der Waals surface area contributed by atoms with Crippen LogP contribution in [0, 0.1) is 0 Å². The van der Waals surface area contributed by atoms with E-state index in [1.165, 1.54) is 14.2 Å². The first-order valence-electron chi connectivity index (χ1n) is 2.63. The molecule has 0 saturated heterocycles. The molecule has 0 radical (unpaired) electrons. The van der Waals surface area contributed by atoms with Gasteiger partial charge in [0.05, 0.1) is 10.9 Å². The highest BCUT2D eigenvalue weighted by atomic mass is 32.3. The third-order valence-corrected chi connectivity index (χ3v) is 1.60. The van der Waals surface area contributed by atoms with Crippen LogP contribution in [0.5, 0.6) is 0 Å². The second kappa shape index (κ2) is 5.85. The van der Waals surface area contributed by atoms with Gasteiger partial charge in [-0.25, -0.2) is 0 Å². The van der Waals surface area contributed by atoms with Gasteiger partial charge in [-0.15, -0.1) is 0 Å². The van der Waals surface area contributed by atoms with E-state index in [1.54, 1.807) is 0 Å². The van der Waals surface area contributed by atoms with Gasteiger partial charge in [0, 0.05) is 20.5 Å². The summed E-state index contributed by atoms with van der Waals surface area (Å²) in [5.74, 6) is 0. The fraction of sp³-hybridized carbons (Fsp3) is 1.00. The first kappa shape index (κ1) is 14.8. The lowest BCUT2D eigenvalue weighted by molar-refractivity contribution is 0.0634. The zero-order valence-corrected chi connectivity index (χ0v) is 8.78. The van der Waals surface area contributed by atoms with Crippen LogP contribution in [-0.2, 0) is 8.85 Å². The molecule has 0 saturated carbocycles. The molecule has 78 valence electrons. The summed E-state index contributed by atoms with van der Waals surface area (Å²) in [4.78, 5) is 16.8. The van der Waals surface area contributed by atoms with Gasteiger partial charge >= 0.3 is 9.05 Å². The maximum Gasteiger partial charge on any atom is 0.673 e. The van der Waals surface area contributed by atoms with E-state index in [4.69, 9.17) is 23.2 Å². The summed E-state index contributed by atoms with van der Waals surface area (Å²) >= 11 is 0. The van der Waals surface area contributed by atoms with Crippen molar-refractivity contribution in [2.75, 3.05) is 20.5 Å². The van der Waals surface area contributed by atoms with Crippen LogP contribution in [0.15, 0.2) is 0 Å². The molecule has 7 nitrogen and oxygen atoms in total. The van der Waals surface area contributed by atoms with E-state index in [9.17, 15) is 0 Å². The average molecular weight is 222 g/mol. The average Bonchev–Trinajstić information content (AvgIpc) is 1.85. The molecule has 0 aliphatic carbocycles. The Morgan fingerprint density at radius 3 is 1.17 bits per heavy atom. The van der Waals surface area contributed by atoms with Gasteiger partial charge in [0.15, 0.2) is 0 Å². The predicted molar refractivity (Wildman–Crippen MR) is 45.6 cm³/mol. The van der Waals surface area contributed by atoms with Gasteiger partial charge in [-0.05, 0) is 0 Å². The predicted octanol–water partition coefficient (Wildman–Crippen LogP) is -0.461. The Morgan fingerprint density at radius 2 is 1.17 bits per heavy atom. The lowest BCUT2D eigenvalue weighted by atomic mass is 11.8. The van der Waals surface area contributed by atoms with Crippen molar-refractivity contribution in [3.05, 3.63) is 0 Å². The highest BCUT2D eigenvalue weighted by Crippen LogP contribution is 2.24. The van der Waals surface area contributed by atoms with Crippen LogP contribution in [0.25, 0.3) is 0 Å². The Balaban J connectivity index is 0. The molecule has 5 N–H and O–H groups in total. The van der Waals surface area contributed by atoms with Gasteiger partial charge in [0.25, 0.3) is 0 Å². The number of rotatable bonds is 2. The van der Waals surface area contributed by atoms with E-state index >= 15 is 0 Å². The molecule has 0 aromatic carbocycles. The number of hydrogen-bond acceptors (Lipinski definition) is 7. The molecule has 0 unspecified atom stereocenters. The van der Waals surface area contributed by atoms with E-state index < -0.39 is 19.9 Å². The SMILES string of the molecule is CO[Si](O)(O)OC.CS(O)(O)O. The maximum absolute atomic E-state index is 8.38. The third kappa shape index (κ3) is 22.4. The molecule has 0 spiro atoms. The van der Waals surface area contributed by atoms with Gasteiger partial charge in [-0.2, -0.15) is 0 Å².